The van der Waals surface area contributed by atoms with Crippen molar-refractivity contribution in [1.29, 1.82) is 0 Å². The molecular formula is C33H65NO14. The summed E-state index contributed by atoms with van der Waals surface area (Å²) < 4.78 is 70.9. The van der Waals surface area contributed by atoms with Gasteiger partial charge in [0.2, 0.25) is 0 Å². The van der Waals surface area contributed by atoms with Crippen molar-refractivity contribution in [3.8, 4) is 0 Å². The molecule has 1 saturated heterocycles. The number of hydrogen-bond acceptors (Lipinski definition) is 15. The summed E-state index contributed by atoms with van der Waals surface area (Å²) >= 11 is 0. The molecule has 0 unspecified atom stereocenters. The van der Waals surface area contributed by atoms with Gasteiger partial charge in [-0.05, 0) is 46.7 Å². The highest BCUT2D eigenvalue weighted by Crippen LogP contribution is 2.07. The molecule has 0 bridgehead atoms. The lowest BCUT2D eigenvalue weighted by Gasteiger charge is -2.22. The van der Waals surface area contributed by atoms with Crippen LogP contribution in [0.15, 0.2) is 0 Å². The maximum Gasteiger partial charge on any atom is 0.332 e. The first-order valence-corrected chi connectivity index (χ1v) is 17.4. The first-order valence-electron chi connectivity index (χ1n) is 17.4. The van der Waals surface area contributed by atoms with Crippen LogP contribution in [-0.2, 0) is 66.4 Å². The summed E-state index contributed by atoms with van der Waals surface area (Å²) in [5, 5.41) is 3.33. The predicted molar refractivity (Wildman–Crippen MR) is 177 cm³/mol. The van der Waals surface area contributed by atoms with Gasteiger partial charge in [-0.2, -0.15) is 0 Å². The Balaban J connectivity index is 1.62. The molecule has 0 atom stereocenters. The standard InChI is InChI=1S/C33H65NO14/c1-33(2,3)48-32(35)30-46-27-26-44-23-22-42-19-18-40-15-14-38-11-10-36-8-9-37-12-13-39-16-17-41-20-21-43-24-25-45-28-29-47-31-4-6-34-7-5-31/h31,34H,4-30H2,1-3H3. The van der Waals surface area contributed by atoms with E-state index in [1.165, 1.54) is 0 Å². The minimum Gasteiger partial charge on any atom is -0.458 e. The Morgan fingerprint density at radius 1 is 0.458 bits per heavy atom. The maximum atomic E-state index is 11.5. The molecule has 1 heterocycles. The summed E-state index contributed by atoms with van der Waals surface area (Å²) in [7, 11) is 0. The van der Waals surface area contributed by atoms with Crippen molar-refractivity contribution in [2.45, 2.75) is 45.3 Å². The van der Waals surface area contributed by atoms with Crippen LogP contribution >= 0.6 is 0 Å². The molecule has 1 aliphatic heterocycles. The Bertz CT molecular complexity index is 679. The number of ether oxygens (including phenoxy) is 13. The zero-order chi connectivity index (χ0) is 34.6. The van der Waals surface area contributed by atoms with Crippen molar-refractivity contribution < 1.29 is 66.4 Å². The van der Waals surface area contributed by atoms with E-state index < -0.39 is 5.60 Å². The minimum atomic E-state index is -0.510. The van der Waals surface area contributed by atoms with Gasteiger partial charge in [0.25, 0.3) is 0 Å². The van der Waals surface area contributed by atoms with Crippen LogP contribution in [0.1, 0.15) is 33.6 Å². The molecule has 48 heavy (non-hydrogen) atoms. The second-order valence-electron chi connectivity index (χ2n) is 11.6. The lowest BCUT2D eigenvalue weighted by atomic mass is 10.1. The number of rotatable bonds is 36. The molecule has 0 aromatic carbocycles. The second kappa shape index (κ2) is 34.4. The third-order valence-electron chi connectivity index (χ3n) is 6.23. The Labute approximate surface area is 288 Å². The van der Waals surface area contributed by atoms with Crippen molar-refractivity contribution in [3.63, 3.8) is 0 Å². The molecule has 0 amide bonds. The van der Waals surface area contributed by atoms with E-state index in [0.29, 0.717) is 151 Å². The van der Waals surface area contributed by atoms with Gasteiger partial charge < -0.3 is 66.9 Å². The van der Waals surface area contributed by atoms with Gasteiger partial charge >= 0.3 is 5.97 Å². The van der Waals surface area contributed by atoms with E-state index in [1.807, 2.05) is 20.8 Å². The molecule has 1 N–H and O–H groups in total. The first kappa shape index (κ1) is 45.0. The second-order valence-corrected chi connectivity index (χ2v) is 11.6. The molecule has 0 saturated carbocycles. The summed E-state index contributed by atoms with van der Waals surface area (Å²) in [6.45, 7) is 18.4. The molecule has 0 aromatic rings. The summed E-state index contributed by atoms with van der Waals surface area (Å²) in [6, 6.07) is 0. The third-order valence-corrected chi connectivity index (χ3v) is 6.23. The summed E-state index contributed by atoms with van der Waals surface area (Å²) in [6.07, 6.45) is 2.52. The van der Waals surface area contributed by atoms with Gasteiger partial charge in [-0.15, -0.1) is 0 Å². The normalized spacial score (nSPS) is 14.1. The van der Waals surface area contributed by atoms with Gasteiger partial charge in [0.1, 0.15) is 12.2 Å². The van der Waals surface area contributed by atoms with Gasteiger partial charge in [-0.3, -0.25) is 0 Å². The summed E-state index contributed by atoms with van der Waals surface area (Å²) in [5.41, 5.74) is -0.510. The molecule has 1 fully saturated rings. The fourth-order valence-corrected chi connectivity index (χ4v) is 3.96. The molecule has 15 heteroatoms. The van der Waals surface area contributed by atoms with E-state index in [1.54, 1.807) is 0 Å². The van der Waals surface area contributed by atoms with Crippen LogP contribution in [0.4, 0.5) is 0 Å². The molecule has 0 spiro atoms. The van der Waals surface area contributed by atoms with Crippen LogP contribution in [0.25, 0.3) is 0 Å². The molecule has 1 rings (SSSR count). The van der Waals surface area contributed by atoms with Gasteiger partial charge in [0, 0.05) is 0 Å². The van der Waals surface area contributed by atoms with Crippen molar-refractivity contribution in [2.75, 3.05) is 165 Å². The highest BCUT2D eigenvalue weighted by Gasteiger charge is 2.16. The average Bonchev–Trinajstić information content (AvgIpc) is 3.06. The molecular weight excluding hydrogens is 634 g/mol. The Kier molecular flexibility index (Phi) is 32.2. The Hall–Kier alpha value is -1.05. The molecule has 0 aliphatic carbocycles. The topological polar surface area (TPSA) is 149 Å². The molecule has 1 aliphatic rings. The third kappa shape index (κ3) is 34.8. The fraction of sp³-hybridized carbons (Fsp3) is 0.970. The van der Waals surface area contributed by atoms with Crippen LogP contribution in [0, 0.1) is 0 Å². The number of esters is 1. The van der Waals surface area contributed by atoms with E-state index >= 15 is 0 Å². The van der Waals surface area contributed by atoms with E-state index in [9.17, 15) is 4.79 Å². The van der Waals surface area contributed by atoms with E-state index in [4.69, 9.17) is 61.6 Å². The van der Waals surface area contributed by atoms with E-state index in [-0.39, 0.29) is 12.6 Å². The van der Waals surface area contributed by atoms with E-state index in [0.717, 1.165) is 25.9 Å². The van der Waals surface area contributed by atoms with Crippen molar-refractivity contribution in [1.82, 2.24) is 5.32 Å². The number of carbonyl (C=O) groups is 1. The average molecular weight is 700 g/mol. The number of carbonyl (C=O) groups excluding carboxylic acids is 1. The van der Waals surface area contributed by atoms with Crippen molar-refractivity contribution in [3.05, 3.63) is 0 Å². The van der Waals surface area contributed by atoms with Crippen LogP contribution in [0.5, 0.6) is 0 Å². The Morgan fingerprint density at radius 3 is 1.02 bits per heavy atom. The van der Waals surface area contributed by atoms with Gasteiger partial charge in [-0.1, -0.05) is 0 Å². The van der Waals surface area contributed by atoms with E-state index in [2.05, 4.69) is 5.32 Å². The van der Waals surface area contributed by atoms with Crippen LogP contribution in [-0.4, -0.2) is 183 Å². The molecule has 286 valence electrons. The maximum absolute atomic E-state index is 11.5. The van der Waals surface area contributed by atoms with Gasteiger partial charge in [0.05, 0.1) is 151 Å². The zero-order valence-electron chi connectivity index (χ0n) is 29.9. The first-order chi connectivity index (χ1) is 23.5. The highest BCUT2D eigenvalue weighted by atomic mass is 16.6. The van der Waals surface area contributed by atoms with Crippen molar-refractivity contribution >= 4 is 5.97 Å². The van der Waals surface area contributed by atoms with Gasteiger partial charge in [0.15, 0.2) is 0 Å². The minimum absolute atomic E-state index is 0.0825. The highest BCUT2D eigenvalue weighted by molar-refractivity contribution is 5.71. The molecule has 0 aromatic heterocycles. The lowest BCUT2D eigenvalue weighted by Crippen LogP contribution is -2.33. The lowest BCUT2D eigenvalue weighted by molar-refractivity contribution is -0.160. The molecule has 0 radical (unpaired) electrons. The Morgan fingerprint density at radius 2 is 0.729 bits per heavy atom. The summed E-state index contributed by atoms with van der Waals surface area (Å²) in [4.78, 5) is 11.5. The predicted octanol–water partition coefficient (Wildman–Crippen LogP) is 1.28. The van der Waals surface area contributed by atoms with Crippen LogP contribution < -0.4 is 5.32 Å². The van der Waals surface area contributed by atoms with Crippen LogP contribution in [0.3, 0.4) is 0 Å². The van der Waals surface area contributed by atoms with Crippen molar-refractivity contribution in [2.24, 2.45) is 0 Å². The monoisotopic (exact) mass is 699 g/mol. The summed E-state index contributed by atoms with van der Waals surface area (Å²) in [5.74, 6) is -0.386. The number of nitrogens with one attached hydrogen (secondary N) is 1. The quantitative estimate of drug-likeness (QED) is 0.0739. The zero-order valence-corrected chi connectivity index (χ0v) is 29.9. The number of piperidine rings is 1. The smallest absolute Gasteiger partial charge is 0.332 e. The SMILES string of the molecule is CC(C)(C)OC(=O)COCCOCCOCCOCCOCCOCCOCCOCCOCCOCCOCCOC1CCNCC1. The molecule has 15 nitrogen and oxygen atoms in total. The van der Waals surface area contributed by atoms with Crippen LogP contribution in [0.2, 0.25) is 0 Å². The largest absolute Gasteiger partial charge is 0.458 e. The fourth-order valence-electron chi connectivity index (χ4n) is 3.96. The number of hydrogen-bond donors (Lipinski definition) is 1. The van der Waals surface area contributed by atoms with Gasteiger partial charge in [-0.25, -0.2) is 4.79 Å².